The van der Waals surface area contributed by atoms with E-state index >= 15 is 0 Å². The number of anilines is 1. The average Bonchev–Trinajstić information content (AvgIpc) is 2.84. The number of nitrogens with two attached hydrogens (primary N) is 1. The molecule has 8 nitrogen and oxygen atoms in total. The Labute approximate surface area is 128 Å². The lowest BCUT2D eigenvalue weighted by atomic mass is 10.2. The summed E-state index contributed by atoms with van der Waals surface area (Å²) >= 11 is 11.9. The van der Waals surface area contributed by atoms with E-state index in [1.54, 1.807) is 6.07 Å². The Morgan fingerprint density at radius 3 is 2.86 bits per heavy atom. The molecular formula is C11H9Cl2N5O3. The molecule has 0 fully saturated rings. The third-order valence-electron chi connectivity index (χ3n) is 2.34. The van der Waals surface area contributed by atoms with Gasteiger partial charge in [0.05, 0.1) is 18.3 Å². The lowest BCUT2D eigenvalue weighted by Crippen LogP contribution is -2.19. The van der Waals surface area contributed by atoms with Crippen LogP contribution in [0.4, 0.5) is 5.82 Å². The number of benzene rings is 1. The van der Waals surface area contributed by atoms with Gasteiger partial charge in [-0.3, -0.25) is 4.79 Å². The number of hydrogen-bond donors (Lipinski definition) is 2. The van der Waals surface area contributed by atoms with Gasteiger partial charge in [0, 0.05) is 10.6 Å². The van der Waals surface area contributed by atoms with Gasteiger partial charge in [-0.1, -0.05) is 23.2 Å². The molecule has 1 amide bonds. The number of hydrogen-bond acceptors (Lipinski definition) is 7. The Morgan fingerprint density at radius 1 is 1.48 bits per heavy atom. The second-order valence-electron chi connectivity index (χ2n) is 3.71. The highest BCUT2D eigenvalue weighted by Gasteiger charge is 2.15. The summed E-state index contributed by atoms with van der Waals surface area (Å²) in [5.41, 5.74) is 7.91. The van der Waals surface area contributed by atoms with Crippen LogP contribution >= 0.6 is 23.2 Å². The molecule has 0 bridgehead atoms. The zero-order chi connectivity index (χ0) is 15.4. The number of ether oxygens (including phenoxy) is 1. The van der Waals surface area contributed by atoms with Crippen molar-refractivity contribution >= 4 is 41.1 Å². The lowest BCUT2D eigenvalue weighted by molar-refractivity contribution is 0.0946. The number of methoxy groups -OCH3 is 1. The number of nitrogens with zero attached hydrogens (tertiary/aromatic N) is 3. The minimum Gasteiger partial charge on any atom is -0.495 e. The Bertz CT molecular complexity index is 701. The minimum absolute atomic E-state index is 0.133. The molecule has 10 heteroatoms. The summed E-state index contributed by atoms with van der Waals surface area (Å²) in [6.07, 6.45) is 1.32. The summed E-state index contributed by atoms with van der Waals surface area (Å²) in [5.74, 6) is -0.426. The quantitative estimate of drug-likeness (QED) is 0.651. The largest absolute Gasteiger partial charge is 0.495 e. The first-order valence-corrected chi connectivity index (χ1v) is 6.23. The van der Waals surface area contributed by atoms with Crippen LogP contribution in [0.3, 0.4) is 0 Å². The molecule has 1 heterocycles. The highest BCUT2D eigenvalue weighted by molar-refractivity contribution is 6.36. The molecule has 3 N–H and O–H groups in total. The van der Waals surface area contributed by atoms with E-state index in [4.69, 9.17) is 33.7 Å². The molecule has 0 aliphatic heterocycles. The van der Waals surface area contributed by atoms with Crippen LogP contribution in [0, 0.1) is 0 Å². The van der Waals surface area contributed by atoms with Crippen LogP contribution in [0.1, 0.15) is 16.1 Å². The molecule has 0 saturated heterocycles. The van der Waals surface area contributed by atoms with E-state index in [1.165, 1.54) is 19.4 Å². The molecule has 1 aromatic heterocycles. The number of nitrogens with one attached hydrogen (secondary N) is 1. The number of carbonyl (C=O) groups excluding carboxylic acids is 1. The van der Waals surface area contributed by atoms with Crippen LogP contribution in [0.5, 0.6) is 5.75 Å². The number of rotatable bonds is 4. The van der Waals surface area contributed by atoms with E-state index in [0.29, 0.717) is 21.4 Å². The molecule has 0 atom stereocenters. The fraction of sp³-hybridized carbons (Fsp3) is 0.0909. The zero-order valence-electron chi connectivity index (χ0n) is 10.6. The summed E-state index contributed by atoms with van der Waals surface area (Å²) in [4.78, 5) is 11.7. The maximum absolute atomic E-state index is 11.7. The predicted molar refractivity (Wildman–Crippen MR) is 76.8 cm³/mol. The summed E-state index contributed by atoms with van der Waals surface area (Å²) < 4.78 is 9.43. The number of halogens is 2. The second-order valence-corrected chi connectivity index (χ2v) is 4.55. The van der Waals surface area contributed by atoms with Crippen LogP contribution in [0.2, 0.25) is 10.0 Å². The first kappa shape index (κ1) is 15.1. The van der Waals surface area contributed by atoms with Gasteiger partial charge in [-0.25, -0.2) is 10.1 Å². The van der Waals surface area contributed by atoms with Gasteiger partial charge >= 0.3 is 0 Å². The van der Waals surface area contributed by atoms with Crippen molar-refractivity contribution in [2.24, 2.45) is 5.10 Å². The van der Waals surface area contributed by atoms with E-state index < -0.39 is 5.91 Å². The van der Waals surface area contributed by atoms with Crippen LogP contribution < -0.4 is 15.9 Å². The monoisotopic (exact) mass is 329 g/mol. The SMILES string of the molecule is COc1c(Cl)cc(Cl)cc1/C=N\NC(=O)c1nonc1N. The zero-order valence-corrected chi connectivity index (χ0v) is 12.1. The first-order valence-electron chi connectivity index (χ1n) is 5.47. The molecular weight excluding hydrogens is 321 g/mol. The highest BCUT2D eigenvalue weighted by Crippen LogP contribution is 2.31. The van der Waals surface area contributed by atoms with Gasteiger partial charge < -0.3 is 10.5 Å². The van der Waals surface area contributed by atoms with Gasteiger partial charge in [0.1, 0.15) is 5.75 Å². The van der Waals surface area contributed by atoms with Crippen LogP contribution in [-0.2, 0) is 0 Å². The number of aromatic nitrogens is 2. The maximum atomic E-state index is 11.7. The maximum Gasteiger partial charge on any atom is 0.297 e. The molecule has 0 aliphatic carbocycles. The van der Waals surface area contributed by atoms with E-state index in [1.807, 2.05) is 0 Å². The van der Waals surface area contributed by atoms with E-state index in [2.05, 4.69) is 25.5 Å². The minimum atomic E-state index is -0.669. The third-order valence-corrected chi connectivity index (χ3v) is 2.84. The Hall–Kier alpha value is -2.32. The summed E-state index contributed by atoms with van der Waals surface area (Å²) in [6, 6.07) is 3.10. The van der Waals surface area contributed by atoms with Crippen molar-refractivity contribution in [3.05, 3.63) is 33.4 Å². The van der Waals surface area contributed by atoms with Gasteiger partial charge in [0.25, 0.3) is 5.91 Å². The first-order chi connectivity index (χ1) is 10.0. The molecule has 0 aliphatic rings. The van der Waals surface area contributed by atoms with Crippen molar-refractivity contribution in [3.8, 4) is 5.75 Å². The molecule has 0 radical (unpaired) electrons. The smallest absolute Gasteiger partial charge is 0.297 e. The topological polar surface area (TPSA) is 116 Å². The normalized spacial score (nSPS) is 10.8. The van der Waals surface area contributed by atoms with Gasteiger partial charge in [0.2, 0.25) is 11.5 Å². The standard InChI is InChI=1S/C11H9Cl2N5O3/c1-20-9-5(2-6(12)3-7(9)13)4-15-16-11(19)8-10(14)18-21-17-8/h2-4H,1H3,(H2,14,18)(H,16,19)/b15-4-. The highest BCUT2D eigenvalue weighted by atomic mass is 35.5. The number of nitrogen functional groups attached to an aromatic ring is 1. The second kappa shape index (κ2) is 6.42. The van der Waals surface area contributed by atoms with Crippen molar-refractivity contribution in [2.75, 3.05) is 12.8 Å². The molecule has 0 spiro atoms. The Kier molecular flexibility index (Phi) is 4.61. The lowest BCUT2D eigenvalue weighted by Gasteiger charge is -2.07. The van der Waals surface area contributed by atoms with Crippen LogP contribution in [0.15, 0.2) is 21.9 Å². The molecule has 1 aromatic carbocycles. The van der Waals surface area contributed by atoms with Crippen molar-refractivity contribution in [1.29, 1.82) is 0 Å². The van der Waals surface area contributed by atoms with Crippen molar-refractivity contribution < 1.29 is 14.2 Å². The molecule has 2 aromatic rings. The van der Waals surface area contributed by atoms with Gasteiger partial charge in [0.15, 0.2) is 0 Å². The van der Waals surface area contributed by atoms with Crippen molar-refractivity contribution in [2.45, 2.75) is 0 Å². The van der Waals surface area contributed by atoms with Crippen LogP contribution in [0.25, 0.3) is 0 Å². The predicted octanol–water partition coefficient (Wildman–Crippen LogP) is 1.73. The van der Waals surface area contributed by atoms with Gasteiger partial charge in [-0.05, 0) is 22.4 Å². The van der Waals surface area contributed by atoms with Crippen molar-refractivity contribution in [3.63, 3.8) is 0 Å². The molecule has 21 heavy (non-hydrogen) atoms. The number of carbonyl (C=O) groups is 1. The van der Waals surface area contributed by atoms with Crippen LogP contribution in [-0.4, -0.2) is 29.5 Å². The number of amides is 1. The molecule has 0 saturated carbocycles. The van der Waals surface area contributed by atoms with Crippen molar-refractivity contribution in [1.82, 2.24) is 15.7 Å². The number of hydrazone groups is 1. The van der Waals surface area contributed by atoms with E-state index in [-0.39, 0.29) is 11.5 Å². The Balaban J connectivity index is 2.15. The fourth-order valence-electron chi connectivity index (χ4n) is 1.46. The molecule has 2 rings (SSSR count). The van der Waals surface area contributed by atoms with E-state index in [9.17, 15) is 4.79 Å². The van der Waals surface area contributed by atoms with Gasteiger partial charge in [-0.15, -0.1) is 0 Å². The summed E-state index contributed by atoms with van der Waals surface area (Å²) in [7, 11) is 1.45. The summed E-state index contributed by atoms with van der Waals surface area (Å²) in [5, 5.41) is 11.1. The molecule has 0 unspecified atom stereocenters. The van der Waals surface area contributed by atoms with Gasteiger partial charge in [-0.2, -0.15) is 5.10 Å². The molecule has 110 valence electrons. The average molecular weight is 330 g/mol. The third kappa shape index (κ3) is 3.41. The Morgan fingerprint density at radius 2 is 2.24 bits per heavy atom. The van der Waals surface area contributed by atoms with E-state index in [0.717, 1.165) is 0 Å². The summed E-state index contributed by atoms with van der Waals surface area (Å²) in [6.45, 7) is 0. The fourth-order valence-corrected chi connectivity index (χ4v) is 2.04.